The third-order valence-electron chi connectivity index (χ3n) is 2.31. The fourth-order valence-corrected chi connectivity index (χ4v) is 1.68. The van der Waals surface area contributed by atoms with Crippen LogP contribution in [0.2, 0.25) is 5.02 Å². The number of rotatable bonds is 3. The van der Waals surface area contributed by atoms with Gasteiger partial charge in [0.2, 0.25) is 0 Å². The summed E-state index contributed by atoms with van der Waals surface area (Å²) in [7, 11) is 0. The van der Waals surface area contributed by atoms with Gasteiger partial charge in [0.1, 0.15) is 6.33 Å². The maximum Gasteiger partial charge on any atom is 0.253 e. The van der Waals surface area contributed by atoms with E-state index in [-0.39, 0.29) is 5.91 Å². The Balaban J connectivity index is 2.04. The van der Waals surface area contributed by atoms with E-state index in [9.17, 15) is 4.79 Å². The number of amides is 1. The highest BCUT2D eigenvalue weighted by Gasteiger charge is 2.10. The Morgan fingerprint density at radius 2 is 2.22 bits per heavy atom. The maximum absolute atomic E-state index is 11.9. The predicted molar refractivity (Wildman–Crippen MR) is 69.1 cm³/mol. The highest BCUT2D eigenvalue weighted by Crippen LogP contribution is 2.18. The quantitative estimate of drug-likeness (QED) is 0.824. The minimum atomic E-state index is -0.265. The number of nitrogen functional groups attached to an aromatic ring is 1. The lowest BCUT2D eigenvalue weighted by Crippen LogP contribution is -2.23. The predicted octanol–water partition coefficient (Wildman–Crippen LogP) is 1.64. The van der Waals surface area contributed by atoms with Gasteiger partial charge in [-0.25, -0.2) is 9.97 Å². The Kier molecular flexibility index (Phi) is 3.74. The molecule has 3 N–H and O–H groups in total. The molecule has 0 atom stereocenters. The lowest BCUT2D eigenvalue weighted by atomic mass is 10.2. The molecule has 0 saturated carbocycles. The summed E-state index contributed by atoms with van der Waals surface area (Å²) < 4.78 is 0. The number of hydrogen-bond acceptors (Lipinski definition) is 4. The van der Waals surface area contributed by atoms with E-state index in [0.717, 1.165) is 5.69 Å². The molecular formula is C12H11ClN4O. The zero-order chi connectivity index (χ0) is 13.0. The molecule has 0 radical (unpaired) electrons. The van der Waals surface area contributed by atoms with E-state index in [0.29, 0.717) is 22.8 Å². The van der Waals surface area contributed by atoms with Gasteiger partial charge in [-0.05, 0) is 24.3 Å². The van der Waals surface area contributed by atoms with E-state index in [1.165, 1.54) is 6.33 Å². The molecule has 2 aromatic rings. The number of halogens is 1. The molecule has 1 heterocycles. The SMILES string of the molecule is Nc1ccc(C(=O)NCc2ccncn2)c(Cl)c1. The van der Waals surface area contributed by atoms with Crippen LogP contribution in [0.3, 0.4) is 0 Å². The molecule has 0 saturated heterocycles. The lowest BCUT2D eigenvalue weighted by Gasteiger charge is -2.06. The van der Waals surface area contributed by atoms with Gasteiger partial charge in [0, 0.05) is 11.9 Å². The Morgan fingerprint density at radius 1 is 1.39 bits per heavy atom. The molecule has 92 valence electrons. The van der Waals surface area contributed by atoms with Crippen LogP contribution in [0.5, 0.6) is 0 Å². The fraction of sp³-hybridized carbons (Fsp3) is 0.0833. The maximum atomic E-state index is 11.9. The molecule has 2 rings (SSSR count). The number of carbonyl (C=O) groups is 1. The summed E-state index contributed by atoms with van der Waals surface area (Å²) in [5.74, 6) is -0.265. The highest BCUT2D eigenvalue weighted by molar-refractivity contribution is 6.34. The Morgan fingerprint density at radius 3 is 2.89 bits per heavy atom. The van der Waals surface area contributed by atoms with E-state index >= 15 is 0 Å². The summed E-state index contributed by atoms with van der Waals surface area (Å²) in [6.07, 6.45) is 3.04. The van der Waals surface area contributed by atoms with E-state index in [2.05, 4.69) is 15.3 Å². The summed E-state index contributed by atoms with van der Waals surface area (Å²) in [5, 5.41) is 3.05. The lowest BCUT2D eigenvalue weighted by molar-refractivity contribution is 0.0950. The average Bonchev–Trinajstić information content (AvgIpc) is 2.37. The second-order valence-electron chi connectivity index (χ2n) is 3.62. The van der Waals surface area contributed by atoms with Gasteiger partial charge < -0.3 is 11.1 Å². The third kappa shape index (κ3) is 2.95. The fourth-order valence-electron chi connectivity index (χ4n) is 1.40. The third-order valence-corrected chi connectivity index (χ3v) is 2.62. The smallest absolute Gasteiger partial charge is 0.253 e. The van der Waals surface area contributed by atoms with E-state index < -0.39 is 0 Å². The molecule has 0 unspecified atom stereocenters. The Labute approximate surface area is 109 Å². The number of benzene rings is 1. The van der Waals surface area contributed by atoms with Crippen molar-refractivity contribution >= 4 is 23.2 Å². The number of nitrogens with one attached hydrogen (secondary N) is 1. The minimum absolute atomic E-state index is 0.265. The molecule has 5 nitrogen and oxygen atoms in total. The van der Waals surface area contributed by atoms with Gasteiger partial charge in [-0.2, -0.15) is 0 Å². The summed E-state index contributed by atoms with van der Waals surface area (Å²) in [6, 6.07) is 6.49. The number of anilines is 1. The molecule has 1 amide bonds. The molecule has 0 aliphatic heterocycles. The zero-order valence-electron chi connectivity index (χ0n) is 9.43. The number of nitrogens with zero attached hydrogens (tertiary/aromatic N) is 2. The first-order valence-electron chi connectivity index (χ1n) is 5.25. The van der Waals surface area contributed by atoms with Gasteiger partial charge in [0.15, 0.2) is 0 Å². The second-order valence-corrected chi connectivity index (χ2v) is 4.03. The first-order valence-corrected chi connectivity index (χ1v) is 5.63. The van der Waals surface area contributed by atoms with Crippen LogP contribution in [0.4, 0.5) is 5.69 Å². The molecule has 0 aliphatic rings. The van der Waals surface area contributed by atoms with Crippen molar-refractivity contribution in [2.45, 2.75) is 6.54 Å². The summed E-state index contributed by atoms with van der Waals surface area (Å²) in [6.45, 7) is 0.321. The number of aromatic nitrogens is 2. The van der Waals surface area contributed by atoms with Crippen molar-refractivity contribution in [2.75, 3.05) is 5.73 Å². The molecule has 0 aliphatic carbocycles. The monoisotopic (exact) mass is 262 g/mol. The van der Waals surface area contributed by atoms with Gasteiger partial charge in [-0.15, -0.1) is 0 Å². The highest BCUT2D eigenvalue weighted by atomic mass is 35.5. The summed E-state index contributed by atoms with van der Waals surface area (Å²) >= 11 is 5.94. The molecule has 0 fully saturated rings. The standard InChI is InChI=1S/C12H11ClN4O/c13-11-5-8(14)1-2-10(11)12(18)16-6-9-3-4-15-7-17-9/h1-5,7H,6,14H2,(H,16,18). The average molecular weight is 263 g/mol. The van der Waals surface area contributed by atoms with Crippen molar-refractivity contribution in [3.8, 4) is 0 Å². The molecule has 1 aromatic carbocycles. The van der Waals surface area contributed by atoms with Gasteiger partial charge >= 0.3 is 0 Å². The van der Waals surface area contributed by atoms with Gasteiger partial charge in [0.05, 0.1) is 22.8 Å². The molecule has 0 bridgehead atoms. The van der Waals surface area contributed by atoms with Gasteiger partial charge in [0.25, 0.3) is 5.91 Å². The van der Waals surface area contributed by atoms with E-state index in [1.807, 2.05) is 0 Å². The van der Waals surface area contributed by atoms with Gasteiger partial charge in [-0.1, -0.05) is 11.6 Å². The largest absolute Gasteiger partial charge is 0.399 e. The Hall–Kier alpha value is -2.14. The number of nitrogens with two attached hydrogens (primary N) is 1. The normalized spacial score (nSPS) is 10.1. The first kappa shape index (κ1) is 12.3. The summed E-state index contributed by atoms with van der Waals surface area (Å²) in [5.41, 5.74) is 7.20. The van der Waals surface area contributed by atoms with Crippen molar-refractivity contribution < 1.29 is 4.79 Å². The van der Waals surface area contributed by atoms with Crippen LogP contribution in [-0.4, -0.2) is 15.9 Å². The van der Waals surface area contributed by atoms with Crippen molar-refractivity contribution in [3.63, 3.8) is 0 Å². The molecule has 0 spiro atoms. The van der Waals surface area contributed by atoms with Crippen LogP contribution >= 0.6 is 11.6 Å². The van der Waals surface area contributed by atoms with Crippen LogP contribution in [0.1, 0.15) is 16.1 Å². The van der Waals surface area contributed by atoms with Crippen LogP contribution in [0, 0.1) is 0 Å². The van der Waals surface area contributed by atoms with Crippen LogP contribution in [0.25, 0.3) is 0 Å². The summed E-state index contributed by atoms with van der Waals surface area (Å²) in [4.78, 5) is 19.7. The molecule has 6 heteroatoms. The number of hydrogen-bond donors (Lipinski definition) is 2. The van der Waals surface area contributed by atoms with E-state index in [4.69, 9.17) is 17.3 Å². The van der Waals surface area contributed by atoms with Crippen molar-refractivity contribution in [1.29, 1.82) is 0 Å². The van der Waals surface area contributed by atoms with Crippen molar-refractivity contribution in [3.05, 3.63) is 53.1 Å². The topological polar surface area (TPSA) is 80.9 Å². The van der Waals surface area contributed by atoms with Gasteiger partial charge in [-0.3, -0.25) is 4.79 Å². The molecule has 18 heavy (non-hydrogen) atoms. The minimum Gasteiger partial charge on any atom is -0.399 e. The first-order chi connectivity index (χ1) is 8.66. The molecular weight excluding hydrogens is 252 g/mol. The second kappa shape index (κ2) is 5.46. The number of carbonyl (C=O) groups excluding carboxylic acids is 1. The Bertz CT molecular complexity index is 559. The van der Waals surface area contributed by atoms with E-state index in [1.54, 1.807) is 30.5 Å². The zero-order valence-corrected chi connectivity index (χ0v) is 10.2. The molecule has 1 aromatic heterocycles. The van der Waals surface area contributed by atoms with Crippen molar-refractivity contribution in [1.82, 2.24) is 15.3 Å². The van der Waals surface area contributed by atoms with Crippen molar-refractivity contribution in [2.24, 2.45) is 0 Å². The van der Waals surface area contributed by atoms with Crippen LogP contribution in [0.15, 0.2) is 36.8 Å². The van der Waals surface area contributed by atoms with Crippen LogP contribution < -0.4 is 11.1 Å². The van der Waals surface area contributed by atoms with Crippen LogP contribution in [-0.2, 0) is 6.54 Å².